The predicted molar refractivity (Wildman–Crippen MR) is 116 cm³/mol. The number of hydrogen-bond donors (Lipinski definition) is 0. The Kier molecular flexibility index (Phi) is 5.42. The molecule has 0 aromatic heterocycles. The molecule has 26 heavy (non-hydrogen) atoms. The van der Waals surface area contributed by atoms with E-state index in [0.29, 0.717) is 17.8 Å². The fourth-order valence-electron chi connectivity index (χ4n) is 4.02. The van der Waals surface area contributed by atoms with Crippen LogP contribution in [-0.4, -0.2) is 0 Å². The third kappa shape index (κ3) is 3.52. The highest BCUT2D eigenvalue weighted by atomic mass is 14.3. The first-order chi connectivity index (χ1) is 12.3. The first-order valence-corrected chi connectivity index (χ1v) is 10.3. The summed E-state index contributed by atoms with van der Waals surface area (Å²) in [7, 11) is 0. The smallest absolute Gasteiger partial charge is 0.00577 e. The molecule has 0 N–H and O–H groups in total. The van der Waals surface area contributed by atoms with Crippen LogP contribution >= 0.6 is 0 Å². The van der Waals surface area contributed by atoms with E-state index in [1.807, 2.05) is 0 Å². The lowest BCUT2D eigenvalue weighted by Crippen LogP contribution is -2.00. The molecule has 0 fully saturated rings. The Hall–Kier alpha value is -1.82. The van der Waals surface area contributed by atoms with E-state index in [-0.39, 0.29) is 0 Å². The number of rotatable bonds is 5. The van der Waals surface area contributed by atoms with Gasteiger partial charge in [0.05, 0.1) is 0 Å². The van der Waals surface area contributed by atoms with Gasteiger partial charge in [-0.25, -0.2) is 0 Å². The lowest BCUT2D eigenvalue weighted by atomic mass is 9.84. The van der Waals surface area contributed by atoms with E-state index in [4.69, 9.17) is 0 Å². The van der Waals surface area contributed by atoms with Crippen molar-refractivity contribution in [3.05, 3.63) is 63.7 Å². The van der Waals surface area contributed by atoms with Crippen LogP contribution in [0.4, 0.5) is 0 Å². The summed E-state index contributed by atoms with van der Waals surface area (Å²) in [6.45, 7) is 16.1. The van der Waals surface area contributed by atoms with E-state index in [0.717, 1.165) is 12.8 Å². The summed E-state index contributed by atoms with van der Waals surface area (Å²) in [5, 5.41) is 0. The van der Waals surface area contributed by atoms with Crippen LogP contribution in [0.15, 0.2) is 35.9 Å². The molecule has 0 unspecified atom stereocenters. The molecule has 0 atom stereocenters. The van der Waals surface area contributed by atoms with E-state index < -0.39 is 0 Å². The summed E-state index contributed by atoms with van der Waals surface area (Å²) in [6.07, 6.45) is 4.74. The Morgan fingerprint density at radius 1 is 0.808 bits per heavy atom. The molecule has 0 heteroatoms. The van der Waals surface area contributed by atoms with Crippen molar-refractivity contribution in [1.82, 2.24) is 0 Å². The van der Waals surface area contributed by atoms with E-state index in [1.54, 1.807) is 5.57 Å². The molecule has 0 amide bonds. The molecule has 1 aliphatic rings. The molecule has 1 aliphatic carbocycles. The van der Waals surface area contributed by atoms with Gasteiger partial charge in [0, 0.05) is 0 Å². The third-order valence-electron chi connectivity index (χ3n) is 5.81. The van der Waals surface area contributed by atoms with Crippen molar-refractivity contribution < 1.29 is 0 Å². The molecule has 0 bridgehead atoms. The number of allylic oxidation sites excluding steroid dienone is 1. The van der Waals surface area contributed by atoms with E-state index in [9.17, 15) is 0 Å². The molecule has 2 aromatic rings. The molecular weight excluding hydrogens is 312 g/mol. The van der Waals surface area contributed by atoms with Gasteiger partial charge in [0.25, 0.3) is 0 Å². The van der Waals surface area contributed by atoms with E-state index >= 15 is 0 Å². The van der Waals surface area contributed by atoms with Gasteiger partial charge in [0.2, 0.25) is 0 Å². The summed E-state index contributed by atoms with van der Waals surface area (Å²) < 4.78 is 0. The van der Waals surface area contributed by atoms with Crippen molar-refractivity contribution in [2.75, 3.05) is 0 Å². The second-order valence-corrected chi connectivity index (χ2v) is 8.79. The molecule has 3 rings (SSSR count). The zero-order valence-electron chi connectivity index (χ0n) is 17.6. The van der Waals surface area contributed by atoms with Gasteiger partial charge in [-0.2, -0.15) is 0 Å². The highest BCUT2D eigenvalue weighted by Gasteiger charge is 2.21. The zero-order chi connectivity index (χ0) is 19.0. The van der Waals surface area contributed by atoms with Gasteiger partial charge < -0.3 is 0 Å². The van der Waals surface area contributed by atoms with Gasteiger partial charge in [0.15, 0.2) is 0 Å². The van der Waals surface area contributed by atoms with Crippen molar-refractivity contribution in [3.63, 3.8) is 0 Å². The summed E-state index contributed by atoms with van der Waals surface area (Å²) in [5.74, 6) is 1.63. The van der Waals surface area contributed by atoms with E-state index in [2.05, 4.69) is 84.9 Å². The second kappa shape index (κ2) is 7.43. The normalized spacial score (nSPS) is 13.7. The maximum Gasteiger partial charge on any atom is -0.00577 e. The molecule has 0 radical (unpaired) electrons. The average Bonchev–Trinajstić information content (AvgIpc) is 3.03. The van der Waals surface area contributed by atoms with Crippen LogP contribution in [0, 0.1) is 0 Å². The zero-order valence-corrected chi connectivity index (χ0v) is 17.6. The van der Waals surface area contributed by atoms with Crippen molar-refractivity contribution in [1.29, 1.82) is 0 Å². The van der Waals surface area contributed by atoms with Gasteiger partial charge in [-0.3, -0.25) is 0 Å². The summed E-state index contributed by atoms with van der Waals surface area (Å²) in [4.78, 5) is 0. The maximum absolute atomic E-state index is 2.47. The molecule has 0 spiro atoms. The third-order valence-corrected chi connectivity index (χ3v) is 5.81. The van der Waals surface area contributed by atoms with Crippen molar-refractivity contribution >= 4 is 6.08 Å². The minimum absolute atomic E-state index is 0.527. The van der Waals surface area contributed by atoms with Crippen molar-refractivity contribution in [3.8, 4) is 11.1 Å². The minimum atomic E-state index is 0.527. The molecule has 0 heterocycles. The Balaban J connectivity index is 2.30. The number of hydrogen-bond acceptors (Lipinski definition) is 0. The largest absolute Gasteiger partial charge is 0.0655 e. The fraction of sp³-hybridized carbons (Fsp3) is 0.462. The predicted octanol–water partition coefficient (Wildman–Crippen LogP) is 8.07. The molecule has 138 valence electrons. The summed E-state index contributed by atoms with van der Waals surface area (Å²) in [5.41, 5.74) is 11.8. The Bertz CT molecular complexity index is 805. The van der Waals surface area contributed by atoms with Crippen LogP contribution in [0.2, 0.25) is 0 Å². The topological polar surface area (TPSA) is 0 Å². The fourth-order valence-corrected chi connectivity index (χ4v) is 4.02. The van der Waals surface area contributed by atoms with Crippen LogP contribution in [-0.2, 0) is 6.42 Å². The lowest BCUT2D eigenvalue weighted by Gasteiger charge is -2.20. The molecule has 2 aromatic carbocycles. The van der Waals surface area contributed by atoms with Crippen LogP contribution in [0.5, 0.6) is 0 Å². The van der Waals surface area contributed by atoms with E-state index in [1.165, 1.54) is 38.9 Å². The van der Waals surface area contributed by atoms with Crippen LogP contribution in [0.3, 0.4) is 0 Å². The standard InChI is InChI=1S/C26H34/c1-8-19-11-20-9-10-24(18(6)7)26(25(20)12-19)23-14-21(16(2)3)13-22(15-23)17(4)5/h9-10,12-18H,8,11H2,1-7H3. The first kappa shape index (κ1) is 19.0. The minimum Gasteiger partial charge on any atom is -0.0655 e. The molecule has 0 aliphatic heterocycles. The Labute approximate surface area is 160 Å². The quantitative estimate of drug-likeness (QED) is 0.513. The lowest BCUT2D eigenvalue weighted by molar-refractivity contribution is 0.833. The molecule has 0 nitrogen and oxygen atoms in total. The van der Waals surface area contributed by atoms with Crippen molar-refractivity contribution in [2.24, 2.45) is 0 Å². The highest BCUT2D eigenvalue weighted by Crippen LogP contribution is 2.41. The SMILES string of the molecule is CCC1=Cc2c(ccc(C(C)C)c2-c2cc(C(C)C)cc(C(C)C)c2)C1. The monoisotopic (exact) mass is 346 g/mol. The maximum atomic E-state index is 2.47. The van der Waals surface area contributed by atoms with Gasteiger partial charge >= 0.3 is 0 Å². The number of fused-ring (bicyclic) bond motifs is 1. The van der Waals surface area contributed by atoms with Crippen molar-refractivity contribution in [2.45, 2.75) is 79.1 Å². The Morgan fingerprint density at radius 3 is 1.92 bits per heavy atom. The van der Waals surface area contributed by atoms with Crippen LogP contribution < -0.4 is 0 Å². The number of benzene rings is 2. The molecule has 0 saturated heterocycles. The first-order valence-electron chi connectivity index (χ1n) is 10.3. The van der Waals surface area contributed by atoms with Crippen LogP contribution in [0.25, 0.3) is 17.2 Å². The summed E-state index contributed by atoms with van der Waals surface area (Å²) in [6, 6.07) is 12.0. The highest BCUT2D eigenvalue weighted by molar-refractivity contribution is 5.84. The molecule has 0 saturated carbocycles. The van der Waals surface area contributed by atoms with Gasteiger partial charge in [-0.05, 0) is 69.5 Å². The summed E-state index contributed by atoms with van der Waals surface area (Å²) >= 11 is 0. The van der Waals surface area contributed by atoms with Gasteiger partial charge in [0.1, 0.15) is 0 Å². The van der Waals surface area contributed by atoms with Gasteiger partial charge in [-0.15, -0.1) is 0 Å². The van der Waals surface area contributed by atoms with Gasteiger partial charge in [-0.1, -0.05) is 90.4 Å². The van der Waals surface area contributed by atoms with Crippen LogP contribution in [0.1, 0.15) is 100 Å². The second-order valence-electron chi connectivity index (χ2n) is 8.79. The Morgan fingerprint density at radius 2 is 1.42 bits per heavy atom. The molecular formula is C26H34. The average molecular weight is 347 g/mol.